The van der Waals surface area contributed by atoms with Crippen LogP contribution in [0.5, 0.6) is 5.75 Å². The molecule has 0 radical (unpaired) electrons. The molecule has 0 aliphatic heterocycles. The van der Waals surface area contributed by atoms with E-state index in [9.17, 15) is 0 Å². The molecule has 1 aromatic carbocycles. The number of methoxy groups -OCH3 is 1. The van der Waals surface area contributed by atoms with Crippen molar-refractivity contribution in [3.8, 4) is 5.75 Å². The molecule has 1 aliphatic carbocycles. The number of benzene rings is 1. The van der Waals surface area contributed by atoms with Crippen LogP contribution in [0.4, 0.5) is 0 Å². The lowest BCUT2D eigenvalue weighted by atomic mass is 9.87. The highest BCUT2D eigenvalue weighted by atomic mass is 32.1. The fraction of sp³-hybridized carbons (Fsp3) is 0.400. The number of nitrogens with zero attached hydrogens (tertiary/aromatic N) is 1. The smallest absolute Gasteiger partial charge is 0.119 e. The topological polar surface area (TPSA) is 34.1 Å². The number of thiazole rings is 1. The molecule has 0 spiro atoms. The first-order chi connectivity index (χ1) is 9.36. The number of rotatable bonds is 4. The Kier molecular flexibility index (Phi) is 3.80. The van der Waals surface area contributed by atoms with Gasteiger partial charge in [-0.15, -0.1) is 11.3 Å². The highest BCUT2D eigenvalue weighted by molar-refractivity contribution is 7.09. The van der Waals surface area contributed by atoms with Gasteiger partial charge in [0.1, 0.15) is 5.75 Å². The fourth-order valence-corrected chi connectivity index (χ4v) is 3.21. The van der Waals surface area contributed by atoms with E-state index in [0.717, 1.165) is 12.3 Å². The number of aryl methyl sites for hydroxylation is 1. The standard InChI is InChI=1S/C15H18N2OS/c1-18-12-6-5-11-3-2-4-15(14(11)7-12)17-9-13-8-16-10-19-13/h5-8,10,15,17H,2-4,9H2,1H3. The summed E-state index contributed by atoms with van der Waals surface area (Å²) < 4.78 is 5.34. The van der Waals surface area contributed by atoms with Crippen molar-refractivity contribution < 1.29 is 4.74 Å². The van der Waals surface area contributed by atoms with Crippen molar-refractivity contribution in [2.45, 2.75) is 31.8 Å². The van der Waals surface area contributed by atoms with Crippen molar-refractivity contribution >= 4 is 11.3 Å². The highest BCUT2D eigenvalue weighted by Crippen LogP contribution is 2.32. The van der Waals surface area contributed by atoms with Gasteiger partial charge in [-0.25, -0.2) is 0 Å². The Morgan fingerprint density at radius 1 is 1.47 bits per heavy atom. The second-order valence-electron chi connectivity index (χ2n) is 4.86. The molecule has 1 heterocycles. The average molecular weight is 274 g/mol. The third kappa shape index (κ3) is 2.80. The lowest BCUT2D eigenvalue weighted by molar-refractivity contribution is 0.408. The molecule has 4 heteroatoms. The summed E-state index contributed by atoms with van der Waals surface area (Å²) >= 11 is 1.70. The zero-order chi connectivity index (χ0) is 13.1. The zero-order valence-electron chi connectivity index (χ0n) is 11.1. The van der Waals surface area contributed by atoms with Gasteiger partial charge in [0.15, 0.2) is 0 Å². The molecular formula is C15H18N2OS. The van der Waals surface area contributed by atoms with Gasteiger partial charge >= 0.3 is 0 Å². The van der Waals surface area contributed by atoms with Crippen LogP contribution in [0.15, 0.2) is 29.9 Å². The molecule has 19 heavy (non-hydrogen) atoms. The van der Waals surface area contributed by atoms with Crippen molar-refractivity contribution in [1.29, 1.82) is 0 Å². The molecule has 100 valence electrons. The molecule has 0 bridgehead atoms. The molecule has 0 saturated heterocycles. The van der Waals surface area contributed by atoms with E-state index >= 15 is 0 Å². The molecule has 1 aliphatic rings. The molecule has 0 amide bonds. The Labute approximate surface area is 117 Å². The third-order valence-corrected chi connectivity index (χ3v) is 4.45. The minimum Gasteiger partial charge on any atom is -0.497 e. The fourth-order valence-electron chi connectivity index (χ4n) is 2.67. The number of hydrogen-bond acceptors (Lipinski definition) is 4. The van der Waals surface area contributed by atoms with E-state index in [2.05, 4.69) is 28.5 Å². The molecule has 3 rings (SSSR count). The van der Waals surface area contributed by atoms with Crippen molar-refractivity contribution in [3.05, 3.63) is 45.9 Å². The van der Waals surface area contributed by atoms with Gasteiger partial charge in [0.25, 0.3) is 0 Å². The van der Waals surface area contributed by atoms with Crippen molar-refractivity contribution in [3.63, 3.8) is 0 Å². The van der Waals surface area contributed by atoms with E-state index in [4.69, 9.17) is 4.74 Å². The maximum atomic E-state index is 5.34. The summed E-state index contributed by atoms with van der Waals surface area (Å²) in [5.74, 6) is 0.949. The monoisotopic (exact) mass is 274 g/mol. The van der Waals surface area contributed by atoms with E-state index in [1.54, 1.807) is 18.4 Å². The highest BCUT2D eigenvalue weighted by Gasteiger charge is 2.20. The molecule has 2 aromatic rings. The van der Waals surface area contributed by atoms with E-state index < -0.39 is 0 Å². The van der Waals surface area contributed by atoms with Crippen molar-refractivity contribution in [2.75, 3.05) is 7.11 Å². The van der Waals surface area contributed by atoms with Gasteiger partial charge in [0, 0.05) is 23.7 Å². The molecule has 1 aromatic heterocycles. The lowest BCUT2D eigenvalue weighted by Crippen LogP contribution is -2.24. The molecular weight excluding hydrogens is 256 g/mol. The second kappa shape index (κ2) is 5.72. The van der Waals surface area contributed by atoms with E-state index in [1.807, 2.05) is 11.7 Å². The van der Waals surface area contributed by atoms with Crippen molar-refractivity contribution in [2.24, 2.45) is 0 Å². The summed E-state index contributed by atoms with van der Waals surface area (Å²) in [4.78, 5) is 5.40. The summed E-state index contributed by atoms with van der Waals surface area (Å²) in [6.45, 7) is 0.895. The van der Waals surface area contributed by atoms with Gasteiger partial charge in [0.05, 0.1) is 12.6 Å². The first-order valence-electron chi connectivity index (χ1n) is 6.64. The van der Waals surface area contributed by atoms with Gasteiger partial charge < -0.3 is 10.1 Å². The van der Waals surface area contributed by atoms with Crippen molar-refractivity contribution in [1.82, 2.24) is 10.3 Å². The minimum absolute atomic E-state index is 0.431. The summed E-state index contributed by atoms with van der Waals surface area (Å²) in [6.07, 6.45) is 5.56. The number of nitrogens with one attached hydrogen (secondary N) is 1. The van der Waals surface area contributed by atoms with Gasteiger partial charge in [-0.05, 0) is 42.5 Å². The van der Waals surface area contributed by atoms with E-state index in [1.165, 1.54) is 35.3 Å². The summed E-state index contributed by atoms with van der Waals surface area (Å²) in [6, 6.07) is 6.87. The van der Waals surface area contributed by atoms with Gasteiger partial charge in [-0.1, -0.05) is 6.07 Å². The van der Waals surface area contributed by atoms with Crippen LogP contribution in [-0.2, 0) is 13.0 Å². The average Bonchev–Trinajstić information content (AvgIpc) is 2.97. The van der Waals surface area contributed by atoms with Crippen LogP contribution < -0.4 is 10.1 Å². The third-order valence-electron chi connectivity index (χ3n) is 3.67. The Bertz CT molecular complexity index is 539. The predicted molar refractivity (Wildman–Crippen MR) is 77.6 cm³/mol. The van der Waals surface area contributed by atoms with Crippen LogP contribution >= 0.6 is 11.3 Å². The molecule has 0 fully saturated rings. The first-order valence-corrected chi connectivity index (χ1v) is 7.52. The number of hydrogen-bond donors (Lipinski definition) is 1. The molecule has 1 unspecified atom stereocenters. The van der Waals surface area contributed by atoms with Gasteiger partial charge in [-0.2, -0.15) is 0 Å². The largest absolute Gasteiger partial charge is 0.497 e. The molecule has 1 N–H and O–H groups in total. The SMILES string of the molecule is COc1ccc2c(c1)C(NCc1cncs1)CCC2. The van der Waals surface area contributed by atoms with Crippen LogP contribution in [0.25, 0.3) is 0 Å². The predicted octanol–water partition coefficient (Wildman–Crippen LogP) is 3.32. The van der Waals surface area contributed by atoms with Crippen LogP contribution in [0, 0.1) is 0 Å². The quantitative estimate of drug-likeness (QED) is 0.928. The summed E-state index contributed by atoms with van der Waals surface area (Å²) in [7, 11) is 1.73. The zero-order valence-corrected chi connectivity index (χ0v) is 11.9. The minimum atomic E-state index is 0.431. The Morgan fingerprint density at radius 2 is 2.42 bits per heavy atom. The maximum absolute atomic E-state index is 5.34. The number of ether oxygens (including phenoxy) is 1. The Balaban J connectivity index is 1.77. The van der Waals surface area contributed by atoms with Gasteiger partial charge in [0.2, 0.25) is 0 Å². The van der Waals surface area contributed by atoms with Crippen LogP contribution in [0.2, 0.25) is 0 Å². The molecule has 0 saturated carbocycles. The van der Waals surface area contributed by atoms with Crippen LogP contribution in [0.3, 0.4) is 0 Å². The van der Waals surface area contributed by atoms with Crippen LogP contribution in [-0.4, -0.2) is 12.1 Å². The molecule has 1 atom stereocenters. The Hall–Kier alpha value is -1.39. The van der Waals surface area contributed by atoms with Gasteiger partial charge in [-0.3, -0.25) is 4.98 Å². The first kappa shape index (κ1) is 12.6. The summed E-state index contributed by atoms with van der Waals surface area (Å²) in [5, 5.41) is 3.65. The van der Waals surface area contributed by atoms with E-state index in [-0.39, 0.29) is 0 Å². The summed E-state index contributed by atoms with van der Waals surface area (Å²) in [5.41, 5.74) is 4.73. The maximum Gasteiger partial charge on any atom is 0.119 e. The number of aromatic nitrogens is 1. The molecule has 3 nitrogen and oxygen atoms in total. The van der Waals surface area contributed by atoms with E-state index in [0.29, 0.717) is 6.04 Å². The normalized spacial score (nSPS) is 18.1. The lowest BCUT2D eigenvalue weighted by Gasteiger charge is -2.26. The Morgan fingerprint density at radius 3 is 3.21 bits per heavy atom. The van der Waals surface area contributed by atoms with Crippen LogP contribution in [0.1, 0.15) is 34.9 Å². The number of fused-ring (bicyclic) bond motifs is 1. The second-order valence-corrected chi connectivity index (χ2v) is 5.83.